The number of nitrogens with zero attached hydrogens (tertiary/aromatic N) is 1. The lowest BCUT2D eigenvalue weighted by Gasteiger charge is -2.29. The Morgan fingerprint density at radius 2 is 1.62 bits per heavy atom. The molecule has 3 N–H and O–H groups in total. The van der Waals surface area contributed by atoms with Gasteiger partial charge in [-0.3, -0.25) is 9.59 Å². The topological polar surface area (TPSA) is 60.0 Å². The molecule has 1 aromatic heterocycles. The molecule has 0 unspecified atom stereocenters. The van der Waals surface area contributed by atoms with E-state index in [0.717, 1.165) is 49.7 Å². The summed E-state index contributed by atoms with van der Waals surface area (Å²) < 4.78 is 15.1. The molecule has 3 rings (SSSR count). The summed E-state index contributed by atoms with van der Waals surface area (Å²) in [6.45, 7) is 11.4. The molecule has 2 aromatic rings. The predicted molar refractivity (Wildman–Crippen MR) is 110 cm³/mol. The van der Waals surface area contributed by atoms with Crippen LogP contribution in [0.25, 0.3) is 0 Å². The molecule has 1 fully saturated rings. The Hall–Kier alpha value is -2.51. The number of amides is 1. The van der Waals surface area contributed by atoms with E-state index in [1.54, 1.807) is 12.1 Å². The van der Waals surface area contributed by atoms with Gasteiger partial charge in [0, 0.05) is 29.2 Å². The molecule has 1 aliphatic rings. The standard InChI is InChI=1S/C22H29FN4O2/c1-4-27-16(2)13-20(17(27)3)21(28)14-25-9-11-26(12-10-25)15-22(29)24-19-7-5-18(23)6-8-19/h5-8,13H,4,9-12,14-15H2,1-3H3,(H,24,29)/p+2. The van der Waals surface area contributed by atoms with Crippen LogP contribution in [-0.4, -0.2) is 55.5 Å². The second kappa shape index (κ2) is 9.33. The highest BCUT2D eigenvalue weighted by molar-refractivity contribution is 5.98. The van der Waals surface area contributed by atoms with Gasteiger partial charge in [-0.2, -0.15) is 0 Å². The fraction of sp³-hybridized carbons (Fsp3) is 0.455. The summed E-state index contributed by atoms with van der Waals surface area (Å²) in [6.07, 6.45) is 0. The Morgan fingerprint density at radius 1 is 1.03 bits per heavy atom. The van der Waals surface area contributed by atoms with Crippen LogP contribution in [0.1, 0.15) is 28.7 Å². The van der Waals surface area contributed by atoms with E-state index in [-0.39, 0.29) is 17.5 Å². The third kappa shape index (κ3) is 5.31. The Labute approximate surface area is 171 Å². The number of hydrogen-bond acceptors (Lipinski definition) is 2. The van der Waals surface area contributed by atoms with Gasteiger partial charge >= 0.3 is 0 Å². The lowest BCUT2D eigenvalue weighted by Crippen LogP contribution is -3.28. The molecule has 2 heterocycles. The monoisotopic (exact) mass is 402 g/mol. The molecule has 0 spiro atoms. The van der Waals surface area contributed by atoms with E-state index in [2.05, 4.69) is 16.8 Å². The van der Waals surface area contributed by atoms with Crippen LogP contribution in [0.3, 0.4) is 0 Å². The lowest BCUT2D eigenvalue weighted by atomic mass is 10.1. The van der Waals surface area contributed by atoms with Crippen molar-refractivity contribution in [2.75, 3.05) is 44.6 Å². The van der Waals surface area contributed by atoms with Crippen LogP contribution >= 0.6 is 0 Å². The van der Waals surface area contributed by atoms with Crippen LogP contribution in [-0.2, 0) is 11.3 Å². The largest absolute Gasteiger partial charge is 0.349 e. The third-order valence-corrected chi connectivity index (χ3v) is 5.80. The number of Topliss-reactive ketones (excluding diaryl/α,β-unsaturated/α-hetero) is 1. The number of carbonyl (C=O) groups is 2. The molecule has 29 heavy (non-hydrogen) atoms. The van der Waals surface area contributed by atoms with Crippen LogP contribution in [0.15, 0.2) is 30.3 Å². The van der Waals surface area contributed by atoms with Crippen molar-refractivity contribution in [2.24, 2.45) is 0 Å². The zero-order valence-electron chi connectivity index (χ0n) is 17.5. The van der Waals surface area contributed by atoms with Crippen LogP contribution in [0, 0.1) is 19.7 Å². The summed E-state index contributed by atoms with van der Waals surface area (Å²) in [4.78, 5) is 27.5. The molecule has 1 amide bonds. The predicted octanol–water partition coefficient (Wildman–Crippen LogP) is -0.131. The van der Waals surface area contributed by atoms with Gasteiger partial charge in [-0.05, 0) is 51.1 Å². The zero-order chi connectivity index (χ0) is 21.0. The van der Waals surface area contributed by atoms with E-state index in [0.29, 0.717) is 18.8 Å². The molecule has 1 aliphatic heterocycles. The summed E-state index contributed by atoms with van der Waals surface area (Å²) in [5, 5.41) is 2.81. The van der Waals surface area contributed by atoms with E-state index in [9.17, 15) is 14.0 Å². The summed E-state index contributed by atoms with van der Waals surface area (Å²) in [5.74, 6) is -0.192. The molecule has 0 atom stereocenters. The first-order valence-corrected chi connectivity index (χ1v) is 10.3. The normalized spacial score (nSPS) is 19.2. The molecular weight excluding hydrogens is 371 g/mol. The maximum Gasteiger partial charge on any atom is 0.279 e. The Morgan fingerprint density at radius 3 is 2.17 bits per heavy atom. The number of quaternary nitrogens is 2. The van der Waals surface area contributed by atoms with E-state index in [1.807, 2.05) is 19.9 Å². The minimum absolute atomic E-state index is 0.0712. The van der Waals surface area contributed by atoms with E-state index < -0.39 is 0 Å². The highest BCUT2D eigenvalue weighted by Crippen LogP contribution is 2.15. The number of halogens is 1. The zero-order valence-corrected chi connectivity index (χ0v) is 17.5. The lowest BCUT2D eigenvalue weighted by molar-refractivity contribution is -1.00. The fourth-order valence-electron chi connectivity index (χ4n) is 4.17. The second-order valence-corrected chi connectivity index (χ2v) is 7.86. The van der Waals surface area contributed by atoms with Crippen molar-refractivity contribution < 1.29 is 23.8 Å². The first kappa shape index (κ1) is 21.2. The number of piperazine rings is 1. The van der Waals surface area contributed by atoms with Gasteiger partial charge < -0.3 is 19.7 Å². The number of benzene rings is 1. The van der Waals surface area contributed by atoms with Crippen molar-refractivity contribution >= 4 is 17.4 Å². The molecule has 1 saturated heterocycles. The van der Waals surface area contributed by atoms with Crippen molar-refractivity contribution in [3.8, 4) is 0 Å². The van der Waals surface area contributed by atoms with Crippen LogP contribution in [0.2, 0.25) is 0 Å². The van der Waals surface area contributed by atoms with E-state index >= 15 is 0 Å². The molecule has 156 valence electrons. The van der Waals surface area contributed by atoms with Crippen molar-refractivity contribution in [3.05, 3.63) is 53.1 Å². The van der Waals surface area contributed by atoms with Gasteiger partial charge in [-0.25, -0.2) is 4.39 Å². The number of anilines is 1. The minimum atomic E-state index is -0.320. The van der Waals surface area contributed by atoms with Gasteiger partial charge in [-0.15, -0.1) is 0 Å². The first-order valence-electron chi connectivity index (χ1n) is 10.3. The number of ketones is 1. The van der Waals surface area contributed by atoms with Crippen molar-refractivity contribution in [1.82, 2.24) is 4.57 Å². The summed E-state index contributed by atoms with van der Waals surface area (Å²) >= 11 is 0. The van der Waals surface area contributed by atoms with Crippen LogP contribution in [0.5, 0.6) is 0 Å². The Kier molecular flexibility index (Phi) is 6.82. The highest BCUT2D eigenvalue weighted by Gasteiger charge is 2.27. The van der Waals surface area contributed by atoms with E-state index in [1.165, 1.54) is 21.9 Å². The highest BCUT2D eigenvalue weighted by atomic mass is 19.1. The third-order valence-electron chi connectivity index (χ3n) is 5.80. The van der Waals surface area contributed by atoms with Crippen molar-refractivity contribution in [3.63, 3.8) is 0 Å². The SMILES string of the molecule is CCn1c(C)cc(C(=O)C[NH+]2CC[NH+](CC(=O)Nc3ccc(F)cc3)CC2)c1C. The van der Waals surface area contributed by atoms with Gasteiger partial charge in [0.25, 0.3) is 5.91 Å². The second-order valence-electron chi connectivity index (χ2n) is 7.86. The molecule has 1 aromatic carbocycles. The number of aromatic nitrogens is 1. The molecule has 0 saturated carbocycles. The van der Waals surface area contributed by atoms with Gasteiger partial charge in [-0.1, -0.05) is 0 Å². The Balaban J connectivity index is 1.46. The number of hydrogen-bond donors (Lipinski definition) is 3. The molecular formula is C22H31FN4O2+2. The summed E-state index contributed by atoms with van der Waals surface area (Å²) in [7, 11) is 0. The average molecular weight is 403 g/mol. The quantitative estimate of drug-likeness (QED) is 0.565. The average Bonchev–Trinajstić information content (AvgIpc) is 2.98. The summed E-state index contributed by atoms with van der Waals surface area (Å²) in [6, 6.07) is 7.79. The van der Waals surface area contributed by atoms with Gasteiger partial charge in [0.15, 0.2) is 6.54 Å². The van der Waals surface area contributed by atoms with Gasteiger partial charge in [0.05, 0.1) is 0 Å². The maximum absolute atomic E-state index is 12.9. The number of nitrogens with one attached hydrogen (secondary N) is 3. The number of aryl methyl sites for hydroxylation is 1. The van der Waals surface area contributed by atoms with Crippen molar-refractivity contribution in [1.29, 1.82) is 0 Å². The number of rotatable bonds is 7. The van der Waals surface area contributed by atoms with Gasteiger partial charge in [0.2, 0.25) is 5.78 Å². The first-order chi connectivity index (χ1) is 13.9. The van der Waals surface area contributed by atoms with Gasteiger partial charge in [0.1, 0.15) is 38.5 Å². The van der Waals surface area contributed by atoms with E-state index in [4.69, 9.17) is 0 Å². The molecule has 0 bridgehead atoms. The van der Waals surface area contributed by atoms with Crippen LogP contribution in [0.4, 0.5) is 10.1 Å². The number of carbonyl (C=O) groups excluding carboxylic acids is 2. The minimum Gasteiger partial charge on any atom is -0.349 e. The molecule has 0 aliphatic carbocycles. The Bertz CT molecular complexity index is 868. The smallest absolute Gasteiger partial charge is 0.279 e. The summed E-state index contributed by atoms with van der Waals surface area (Å²) in [5.41, 5.74) is 3.63. The molecule has 7 heteroatoms. The fourth-order valence-corrected chi connectivity index (χ4v) is 4.17. The maximum atomic E-state index is 12.9. The molecule has 0 radical (unpaired) electrons. The van der Waals surface area contributed by atoms with Crippen LogP contribution < -0.4 is 15.1 Å². The van der Waals surface area contributed by atoms with Crippen molar-refractivity contribution in [2.45, 2.75) is 27.3 Å². The molecule has 6 nitrogen and oxygen atoms in total.